The molecule has 0 heterocycles. The Morgan fingerprint density at radius 3 is 1.90 bits per heavy atom. The molecule has 1 aromatic rings. The molecule has 0 aliphatic carbocycles. The largest absolute Gasteiger partial charge is 0.495 e. The molecular formula is C20H33F5O2S2. The van der Waals surface area contributed by atoms with Crippen molar-refractivity contribution in [2.75, 3.05) is 24.9 Å². The van der Waals surface area contributed by atoms with Crippen molar-refractivity contribution < 1.29 is 29.0 Å². The van der Waals surface area contributed by atoms with Gasteiger partial charge in [0.05, 0.1) is 12.4 Å². The molecule has 0 amide bonds. The number of hydrogen-bond acceptors (Lipinski definition) is 2. The molecule has 1 rings (SSSR count). The zero-order valence-corrected chi connectivity index (χ0v) is 19.8. The molecular weight excluding hydrogens is 431 g/mol. The number of ether oxygens (including phenoxy) is 1. The summed E-state index contributed by atoms with van der Waals surface area (Å²) in [6.45, 7) is 9.64. The molecule has 0 aliphatic heterocycles. The van der Waals surface area contributed by atoms with Crippen LogP contribution in [0.15, 0.2) is 23.1 Å². The number of carbonyl (C=O) groups is 1. The molecule has 0 fully saturated rings. The summed E-state index contributed by atoms with van der Waals surface area (Å²) in [5, 5.41) is -0.547. The van der Waals surface area contributed by atoms with Crippen LogP contribution in [0.3, 0.4) is 0 Å². The predicted molar refractivity (Wildman–Crippen MR) is 116 cm³/mol. The number of halogens is 5. The minimum atomic E-state index is -10.0. The van der Waals surface area contributed by atoms with Crippen LogP contribution in [0.5, 0.6) is 5.75 Å². The van der Waals surface area contributed by atoms with Crippen molar-refractivity contribution in [1.82, 2.24) is 0 Å². The van der Waals surface area contributed by atoms with Gasteiger partial charge >= 0.3 is 10.2 Å². The van der Waals surface area contributed by atoms with Crippen LogP contribution in [-0.2, 0) is 0 Å². The third kappa shape index (κ3) is 6.26. The maximum Gasteiger partial charge on any atom is 0.313 e. The number of rotatable bonds is 9. The maximum atomic E-state index is 13.6. The van der Waals surface area contributed by atoms with Gasteiger partial charge in [-0.25, -0.2) is 10.0 Å². The van der Waals surface area contributed by atoms with E-state index >= 15 is 0 Å². The van der Waals surface area contributed by atoms with Gasteiger partial charge in [0.15, 0.2) is 5.78 Å². The minimum Gasteiger partial charge on any atom is -0.495 e. The molecule has 0 saturated heterocycles. The lowest BCUT2D eigenvalue weighted by atomic mass is 9.87. The molecule has 0 saturated carbocycles. The lowest BCUT2D eigenvalue weighted by Gasteiger charge is -2.49. The quantitative estimate of drug-likeness (QED) is 0.272. The number of Topliss-reactive ketones (excluding diaryl/α,β-unsaturated/α-hetero) is 1. The van der Waals surface area contributed by atoms with Crippen molar-refractivity contribution in [2.45, 2.75) is 57.6 Å². The van der Waals surface area contributed by atoms with Gasteiger partial charge in [-0.15, -0.1) is 0 Å². The predicted octanol–water partition coefficient (Wildman–Crippen LogP) is 8.20. The molecule has 1 aromatic carbocycles. The second kappa shape index (κ2) is 7.62. The Hall–Kier alpha value is -0.960. The molecule has 0 spiro atoms. The Balaban J connectivity index is 3.69. The lowest BCUT2D eigenvalue weighted by Crippen LogP contribution is -2.41. The van der Waals surface area contributed by atoms with E-state index in [1.807, 2.05) is 40.9 Å². The van der Waals surface area contributed by atoms with Crippen LogP contribution < -0.4 is 4.74 Å². The number of methoxy groups -OCH3 is 1. The number of ketones is 1. The highest BCUT2D eigenvalue weighted by molar-refractivity contribution is 8.45. The summed E-state index contributed by atoms with van der Waals surface area (Å²) in [7, 11) is -10.7. The molecule has 2 nitrogen and oxygen atoms in total. The molecule has 0 N–H and O–H groups in total. The average molecular weight is 465 g/mol. The summed E-state index contributed by atoms with van der Waals surface area (Å²) in [5.41, 5.74) is -0.875. The first-order chi connectivity index (χ1) is 12.8. The monoisotopic (exact) mass is 464 g/mol. The smallest absolute Gasteiger partial charge is 0.313 e. The number of benzene rings is 1. The van der Waals surface area contributed by atoms with Gasteiger partial charge < -0.3 is 4.74 Å². The van der Waals surface area contributed by atoms with Crippen molar-refractivity contribution in [3.8, 4) is 5.75 Å². The molecule has 1 atom stereocenters. The van der Waals surface area contributed by atoms with E-state index in [9.17, 15) is 24.2 Å². The average Bonchev–Trinajstić information content (AvgIpc) is 2.51. The van der Waals surface area contributed by atoms with Gasteiger partial charge in [-0.1, -0.05) is 54.0 Å². The summed E-state index contributed by atoms with van der Waals surface area (Å²) in [4.78, 5) is 11.3. The Kier molecular flexibility index (Phi) is 6.86. The van der Waals surface area contributed by atoms with Crippen LogP contribution in [0, 0.1) is 5.41 Å². The van der Waals surface area contributed by atoms with E-state index in [0.29, 0.717) is 0 Å². The molecule has 172 valence electrons. The van der Waals surface area contributed by atoms with Gasteiger partial charge in [-0.05, 0) is 54.2 Å². The Morgan fingerprint density at radius 1 is 1.07 bits per heavy atom. The summed E-state index contributed by atoms with van der Waals surface area (Å²) >= 11 is 0. The Labute approximate surface area is 172 Å². The van der Waals surface area contributed by atoms with Crippen LogP contribution in [0.1, 0.15) is 57.8 Å². The first-order valence-electron chi connectivity index (χ1n) is 9.49. The van der Waals surface area contributed by atoms with Gasteiger partial charge in [0.25, 0.3) is 0 Å². The van der Waals surface area contributed by atoms with E-state index in [0.717, 1.165) is 43.6 Å². The molecule has 0 radical (unpaired) electrons. The maximum absolute atomic E-state index is 13.6. The number of hydrogen-bond donors (Lipinski definition) is 0. The summed E-state index contributed by atoms with van der Waals surface area (Å²) < 4.78 is 72.3. The second-order valence-corrected chi connectivity index (χ2v) is 15.1. The van der Waals surface area contributed by atoms with Gasteiger partial charge in [-0.2, -0.15) is 0 Å². The van der Waals surface area contributed by atoms with Crippen LogP contribution in [0.25, 0.3) is 0 Å². The standard InChI is InChI=1S/C20H33F5O2S2/c1-8-12-28(7,13-9-2)19(20(3,4)5)18(26)15-10-11-16(27-6)17(14-15)29(21,22,23,24)25/h10-11,14,19H,8-9,12-13H2,1-7H3. The molecule has 0 aromatic heterocycles. The molecule has 1 unspecified atom stereocenters. The van der Waals surface area contributed by atoms with Gasteiger partial charge in [0.1, 0.15) is 10.6 Å². The van der Waals surface area contributed by atoms with Gasteiger partial charge in [0.2, 0.25) is 0 Å². The highest BCUT2D eigenvalue weighted by Gasteiger charge is 2.67. The first kappa shape index (κ1) is 26.1. The fourth-order valence-electron chi connectivity index (χ4n) is 4.06. The highest BCUT2D eigenvalue weighted by Crippen LogP contribution is 3.03. The van der Waals surface area contributed by atoms with E-state index in [1.54, 1.807) is 0 Å². The Bertz CT molecular complexity index is 749. The minimum absolute atomic E-state index is 0.277. The topological polar surface area (TPSA) is 26.3 Å². The van der Waals surface area contributed by atoms with E-state index in [4.69, 9.17) is 0 Å². The zero-order valence-electron chi connectivity index (χ0n) is 18.2. The molecule has 0 bridgehead atoms. The van der Waals surface area contributed by atoms with E-state index in [-0.39, 0.29) is 11.6 Å². The van der Waals surface area contributed by atoms with Crippen molar-refractivity contribution in [1.29, 1.82) is 0 Å². The Morgan fingerprint density at radius 2 is 1.55 bits per heavy atom. The van der Waals surface area contributed by atoms with E-state index < -0.39 is 47.3 Å². The van der Waals surface area contributed by atoms with Crippen molar-refractivity contribution in [3.05, 3.63) is 23.8 Å². The fraction of sp³-hybridized carbons (Fsp3) is 0.650. The first-order valence-corrected chi connectivity index (χ1v) is 13.9. The van der Waals surface area contributed by atoms with E-state index in [2.05, 4.69) is 4.74 Å². The lowest BCUT2D eigenvalue weighted by molar-refractivity contribution is 0.0948. The molecule has 0 aliphatic rings. The SMILES string of the molecule is CCCS(C)(CCC)C(C(=O)c1ccc(OC)c(S(F)(F)(F)(F)F)c1)C(C)(C)C. The van der Waals surface area contributed by atoms with Crippen molar-refractivity contribution in [3.63, 3.8) is 0 Å². The van der Waals surface area contributed by atoms with Crippen LogP contribution in [-0.4, -0.2) is 35.9 Å². The second-order valence-electron chi connectivity index (χ2n) is 8.70. The van der Waals surface area contributed by atoms with Crippen LogP contribution in [0.2, 0.25) is 0 Å². The third-order valence-electron chi connectivity index (χ3n) is 4.80. The van der Waals surface area contributed by atoms with Crippen LogP contribution in [0.4, 0.5) is 19.4 Å². The van der Waals surface area contributed by atoms with Crippen molar-refractivity contribution >= 4 is 26.0 Å². The fourth-order valence-corrected chi connectivity index (χ4v) is 9.84. The highest BCUT2D eigenvalue weighted by atomic mass is 32.5. The number of carbonyl (C=O) groups excluding carboxylic acids is 1. The van der Waals surface area contributed by atoms with E-state index in [1.165, 1.54) is 0 Å². The summed E-state index contributed by atoms with van der Waals surface area (Å²) in [6, 6.07) is 2.25. The van der Waals surface area contributed by atoms with Crippen molar-refractivity contribution in [2.24, 2.45) is 5.41 Å². The zero-order chi connectivity index (χ0) is 23.0. The van der Waals surface area contributed by atoms with Crippen LogP contribution >= 0.6 is 20.3 Å². The summed E-state index contributed by atoms with van der Waals surface area (Å²) in [5.74, 6) is 0.0888. The third-order valence-corrected chi connectivity index (χ3v) is 10.7. The molecule has 9 heteroatoms. The summed E-state index contributed by atoms with van der Waals surface area (Å²) in [6.07, 6.45) is 3.72. The van der Waals surface area contributed by atoms with Gasteiger partial charge in [-0.3, -0.25) is 4.79 Å². The molecule has 29 heavy (non-hydrogen) atoms. The normalized spacial score (nSPS) is 17.2. The van der Waals surface area contributed by atoms with Gasteiger partial charge in [0, 0.05) is 5.56 Å².